The molecule has 88 valence electrons. The molecule has 4 nitrogen and oxygen atoms in total. The first-order valence-corrected chi connectivity index (χ1v) is 5.16. The summed E-state index contributed by atoms with van der Waals surface area (Å²) in [6.45, 7) is 3.66. The molecule has 5 heteroatoms. The van der Waals surface area contributed by atoms with Crippen molar-refractivity contribution < 1.29 is 9.18 Å². The summed E-state index contributed by atoms with van der Waals surface area (Å²) >= 11 is 0. The van der Waals surface area contributed by atoms with Gasteiger partial charge in [0.2, 0.25) is 0 Å². The number of nitrogens with zero attached hydrogens (tertiary/aromatic N) is 1. The third kappa shape index (κ3) is 2.33. The lowest BCUT2D eigenvalue weighted by Gasteiger charge is -2.03. The molecular weight excluding hydrogens is 221 g/mol. The molecule has 0 aliphatic rings. The van der Waals surface area contributed by atoms with Gasteiger partial charge in [0.15, 0.2) is 5.69 Å². The highest BCUT2D eigenvalue weighted by atomic mass is 19.1. The van der Waals surface area contributed by atoms with Crippen LogP contribution in [0.25, 0.3) is 0 Å². The summed E-state index contributed by atoms with van der Waals surface area (Å²) in [6, 6.07) is 5.58. The number of hydrogen-bond donors (Lipinski definition) is 2. The second-order valence-corrected chi connectivity index (χ2v) is 3.78. The van der Waals surface area contributed by atoms with Gasteiger partial charge in [0.1, 0.15) is 5.82 Å². The van der Waals surface area contributed by atoms with Gasteiger partial charge in [0, 0.05) is 16.9 Å². The number of anilines is 1. The second kappa shape index (κ2) is 4.37. The number of carbonyl (C=O) groups excluding carboxylic acids is 1. The van der Waals surface area contributed by atoms with Crippen LogP contribution in [0.3, 0.4) is 0 Å². The van der Waals surface area contributed by atoms with Crippen molar-refractivity contribution in [3.8, 4) is 0 Å². The number of benzene rings is 1. The van der Waals surface area contributed by atoms with E-state index in [1.165, 1.54) is 24.3 Å². The number of aryl methyl sites for hydroxylation is 1. The predicted octanol–water partition coefficient (Wildman–Crippen LogP) is 2.42. The third-order valence-corrected chi connectivity index (χ3v) is 2.57. The van der Waals surface area contributed by atoms with E-state index in [0.717, 1.165) is 11.3 Å². The summed E-state index contributed by atoms with van der Waals surface area (Å²) in [5, 5.41) is 9.31. The van der Waals surface area contributed by atoms with Crippen LogP contribution in [0.1, 0.15) is 21.7 Å². The van der Waals surface area contributed by atoms with E-state index in [1.807, 2.05) is 13.8 Å². The first-order chi connectivity index (χ1) is 8.08. The Bertz CT molecular complexity index is 545. The molecule has 0 aliphatic heterocycles. The molecule has 1 amide bonds. The van der Waals surface area contributed by atoms with E-state index in [-0.39, 0.29) is 11.7 Å². The van der Waals surface area contributed by atoms with E-state index in [2.05, 4.69) is 15.5 Å². The zero-order chi connectivity index (χ0) is 12.4. The van der Waals surface area contributed by atoms with Crippen molar-refractivity contribution in [1.82, 2.24) is 10.2 Å². The quantitative estimate of drug-likeness (QED) is 0.836. The molecule has 0 fully saturated rings. The number of halogens is 1. The molecule has 2 aromatic rings. The molecule has 1 aromatic heterocycles. The molecule has 0 unspecified atom stereocenters. The Morgan fingerprint density at radius 2 is 1.94 bits per heavy atom. The zero-order valence-electron chi connectivity index (χ0n) is 9.54. The van der Waals surface area contributed by atoms with Gasteiger partial charge in [-0.05, 0) is 38.1 Å². The highest BCUT2D eigenvalue weighted by molar-refractivity contribution is 6.03. The van der Waals surface area contributed by atoms with Gasteiger partial charge in [0.25, 0.3) is 5.91 Å². The Kier molecular flexibility index (Phi) is 2.91. The van der Waals surface area contributed by atoms with Crippen LogP contribution in [0, 0.1) is 19.7 Å². The second-order valence-electron chi connectivity index (χ2n) is 3.78. The minimum Gasteiger partial charge on any atom is -0.321 e. The lowest BCUT2D eigenvalue weighted by Crippen LogP contribution is -2.13. The van der Waals surface area contributed by atoms with E-state index in [0.29, 0.717) is 11.4 Å². The van der Waals surface area contributed by atoms with Gasteiger partial charge in [-0.1, -0.05) is 0 Å². The van der Waals surface area contributed by atoms with E-state index in [4.69, 9.17) is 0 Å². The monoisotopic (exact) mass is 233 g/mol. The molecule has 1 heterocycles. The third-order valence-electron chi connectivity index (χ3n) is 2.57. The fourth-order valence-corrected chi connectivity index (χ4v) is 1.43. The number of carbonyl (C=O) groups is 1. The largest absolute Gasteiger partial charge is 0.321 e. The fourth-order valence-electron chi connectivity index (χ4n) is 1.43. The molecule has 2 N–H and O–H groups in total. The Morgan fingerprint density at radius 1 is 1.29 bits per heavy atom. The van der Waals surface area contributed by atoms with Crippen molar-refractivity contribution in [2.75, 3.05) is 5.32 Å². The standard InChI is InChI=1S/C12H12FN3O/c1-7-8(2)15-16-11(7)12(17)14-10-5-3-9(13)4-6-10/h3-6H,1-2H3,(H,14,17)(H,15,16). The Balaban J connectivity index is 2.17. The minimum absolute atomic E-state index is 0.307. The van der Waals surface area contributed by atoms with Crippen LogP contribution in [0.5, 0.6) is 0 Å². The maximum atomic E-state index is 12.7. The number of aromatic amines is 1. The molecule has 0 bridgehead atoms. The first-order valence-electron chi connectivity index (χ1n) is 5.16. The van der Waals surface area contributed by atoms with Crippen molar-refractivity contribution >= 4 is 11.6 Å². The maximum absolute atomic E-state index is 12.7. The van der Waals surface area contributed by atoms with Crippen LogP contribution in [0.15, 0.2) is 24.3 Å². The molecule has 0 atom stereocenters. The topological polar surface area (TPSA) is 57.8 Å². The average molecular weight is 233 g/mol. The molecule has 2 rings (SSSR count). The summed E-state index contributed by atoms with van der Waals surface area (Å²) in [6.07, 6.45) is 0. The van der Waals surface area contributed by atoms with Crippen LogP contribution < -0.4 is 5.32 Å². The lowest BCUT2D eigenvalue weighted by molar-refractivity contribution is 0.102. The van der Waals surface area contributed by atoms with Crippen LogP contribution in [-0.4, -0.2) is 16.1 Å². The zero-order valence-corrected chi connectivity index (χ0v) is 9.54. The Labute approximate surface area is 97.9 Å². The van der Waals surface area contributed by atoms with Gasteiger partial charge in [-0.3, -0.25) is 9.89 Å². The van der Waals surface area contributed by atoms with Crippen LogP contribution in [0.2, 0.25) is 0 Å². The molecule has 0 aliphatic carbocycles. The van der Waals surface area contributed by atoms with Gasteiger partial charge in [0.05, 0.1) is 0 Å². The minimum atomic E-state index is -0.338. The summed E-state index contributed by atoms with van der Waals surface area (Å²) in [5.74, 6) is -0.645. The SMILES string of the molecule is Cc1[nH]nc(C(=O)Nc2ccc(F)cc2)c1C. The number of rotatable bonds is 2. The average Bonchev–Trinajstić information content (AvgIpc) is 2.63. The van der Waals surface area contributed by atoms with Crippen LogP contribution >= 0.6 is 0 Å². The van der Waals surface area contributed by atoms with E-state index in [1.54, 1.807) is 0 Å². The Morgan fingerprint density at radius 3 is 2.47 bits per heavy atom. The van der Waals surface area contributed by atoms with Crippen molar-refractivity contribution in [2.24, 2.45) is 0 Å². The molecule has 17 heavy (non-hydrogen) atoms. The van der Waals surface area contributed by atoms with Gasteiger partial charge in [-0.15, -0.1) is 0 Å². The summed E-state index contributed by atoms with van der Waals surface area (Å²) in [7, 11) is 0. The van der Waals surface area contributed by atoms with E-state index < -0.39 is 0 Å². The number of hydrogen-bond acceptors (Lipinski definition) is 2. The lowest BCUT2D eigenvalue weighted by atomic mass is 10.2. The molecule has 0 spiro atoms. The Hall–Kier alpha value is -2.17. The molecule has 0 saturated carbocycles. The van der Waals surface area contributed by atoms with Gasteiger partial charge in [-0.25, -0.2) is 4.39 Å². The van der Waals surface area contributed by atoms with Crippen molar-refractivity contribution in [3.63, 3.8) is 0 Å². The molecule has 1 aromatic carbocycles. The maximum Gasteiger partial charge on any atom is 0.276 e. The van der Waals surface area contributed by atoms with Gasteiger partial charge >= 0.3 is 0 Å². The van der Waals surface area contributed by atoms with E-state index >= 15 is 0 Å². The van der Waals surface area contributed by atoms with Crippen LogP contribution in [0.4, 0.5) is 10.1 Å². The molecular formula is C12H12FN3O. The molecule has 0 radical (unpaired) electrons. The number of aromatic nitrogens is 2. The van der Waals surface area contributed by atoms with Gasteiger partial charge in [-0.2, -0.15) is 5.10 Å². The van der Waals surface area contributed by atoms with Crippen molar-refractivity contribution in [2.45, 2.75) is 13.8 Å². The first kappa shape index (κ1) is 11.3. The normalized spacial score (nSPS) is 10.3. The fraction of sp³-hybridized carbons (Fsp3) is 0.167. The highest BCUT2D eigenvalue weighted by Crippen LogP contribution is 2.13. The number of nitrogens with one attached hydrogen (secondary N) is 2. The molecule has 0 saturated heterocycles. The smallest absolute Gasteiger partial charge is 0.276 e. The highest BCUT2D eigenvalue weighted by Gasteiger charge is 2.14. The summed E-state index contributed by atoms with van der Waals surface area (Å²) in [5.41, 5.74) is 2.56. The summed E-state index contributed by atoms with van der Waals surface area (Å²) in [4.78, 5) is 11.8. The van der Waals surface area contributed by atoms with Crippen molar-refractivity contribution in [3.05, 3.63) is 47.0 Å². The van der Waals surface area contributed by atoms with Crippen molar-refractivity contribution in [1.29, 1.82) is 0 Å². The summed E-state index contributed by atoms with van der Waals surface area (Å²) < 4.78 is 12.7. The van der Waals surface area contributed by atoms with Crippen LogP contribution in [-0.2, 0) is 0 Å². The van der Waals surface area contributed by atoms with Gasteiger partial charge < -0.3 is 5.32 Å². The number of H-pyrrole nitrogens is 1. The predicted molar refractivity (Wildman–Crippen MR) is 62.4 cm³/mol. The number of amides is 1. The van der Waals surface area contributed by atoms with E-state index in [9.17, 15) is 9.18 Å².